The van der Waals surface area contributed by atoms with Crippen molar-refractivity contribution in [3.8, 4) is 0 Å². The van der Waals surface area contributed by atoms with Gasteiger partial charge in [0.2, 0.25) is 11.8 Å². The maximum Gasteiger partial charge on any atom is 0.236 e. The van der Waals surface area contributed by atoms with Gasteiger partial charge in [-0.25, -0.2) is 0 Å². The zero-order valence-corrected chi connectivity index (χ0v) is 14.2. The number of carbonyl (C=O) groups excluding carboxylic acids is 2. The van der Waals surface area contributed by atoms with Gasteiger partial charge in [-0.1, -0.05) is 33.1 Å². The summed E-state index contributed by atoms with van der Waals surface area (Å²) in [6, 6.07) is 0. The minimum absolute atomic E-state index is 0.202. The van der Waals surface area contributed by atoms with E-state index in [-0.39, 0.29) is 11.8 Å². The SMILES string of the molecule is CCN(CC)CC(=O)N1CCN(C(=O)C2CCCCC2)CC1. The summed E-state index contributed by atoms with van der Waals surface area (Å²) in [5.41, 5.74) is 0. The average Bonchev–Trinajstić information content (AvgIpc) is 2.59. The summed E-state index contributed by atoms with van der Waals surface area (Å²) >= 11 is 0. The minimum Gasteiger partial charge on any atom is -0.339 e. The Kier molecular flexibility index (Phi) is 6.68. The van der Waals surface area contributed by atoms with Crippen molar-refractivity contribution in [1.29, 1.82) is 0 Å². The van der Waals surface area contributed by atoms with E-state index in [0.29, 0.717) is 38.6 Å². The molecule has 0 aromatic heterocycles. The van der Waals surface area contributed by atoms with E-state index in [0.717, 1.165) is 25.9 Å². The maximum atomic E-state index is 12.5. The van der Waals surface area contributed by atoms with Crippen molar-refractivity contribution in [2.45, 2.75) is 46.0 Å². The molecule has 126 valence electrons. The van der Waals surface area contributed by atoms with Crippen molar-refractivity contribution in [2.24, 2.45) is 5.92 Å². The van der Waals surface area contributed by atoms with Crippen LogP contribution in [0.4, 0.5) is 0 Å². The van der Waals surface area contributed by atoms with Crippen LogP contribution in [-0.2, 0) is 9.59 Å². The van der Waals surface area contributed by atoms with E-state index in [4.69, 9.17) is 0 Å². The second-order valence-corrected chi connectivity index (χ2v) is 6.50. The lowest BCUT2D eigenvalue weighted by molar-refractivity contribution is -0.143. The van der Waals surface area contributed by atoms with Gasteiger partial charge in [-0.15, -0.1) is 0 Å². The van der Waals surface area contributed by atoms with E-state index >= 15 is 0 Å². The summed E-state index contributed by atoms with van der Waals surface area (Å²) in [5.74, 6) is 0.774. The Balaban J connectivity index is 1.77. The molecule has 2 aliphatic rings. The smallest absolute Gasteiger partial charge is 0.236 e. The fourth-order valence-electron chi connectivity index (χ4n) is 3.52. The van der Waals surface area contributed by atoms with Crippen LogP contribution in [0, 0.1) is 5.92 Å². The zero-order chi connectivity index (χ0) is 15.9. The van der Waals surface area contributed by atoms with E-state index in [9.17, 15) is 9.59 Å². The maximum absolute atomic E-state index is 12.5. The molecule has 0 unspecified atom stereocenters. The molecule has 2 fully saturated rings. The van der Waals surface area contributed by atoms with Crippen LogP contribution in [0.3, 0.4) is 0 Å². The molecule has 0 spiro atoms. The number of hydrogen-bond donors (Lipinski definition) is 0. The normalized spacial score (nSPS) is 20.5. The van der Waals surface area contributed by atoms with Crippen molar-refractivity contribution >= 4 is 11.8 Å². The third kappa shape index (κ3) is 4.45. The average molecular weight is 309 g/mol. The van der Waals surface area contributed by atoms with Crippen LogP contribution in [0.2, 0.25) is 0 Å². The Bertz CT molecular complexity index is 368. The predicted molar refractivity (Wildman–Crippen MR) is 87.5 cm³/mol. The molecule has 0 radical (unpaired) electrons. The molecule has 0 N–H and O–H groups in total. The molecule has 5 nitrogen and oxygen atoms in total. The fraction of sp³-hybridized carbons (Fsp3) is 0.882. The standard InChI is InChI=1S/C17H31N3O2/c1-3-18(4-2)14-16(21)19-10-12-20(13-11-19)17(22)15-8-6-5-7-9-15/h15H,3-14H2,1-2H3. The first kappa shape index (κ1) is 17.3. The molecule has 1 saturated carbocycles. The molecule has 1 aliphatic carbocycles. The summed E-state index contributed by atoms with van der Waals surface area (Å²) in [6.07, 6.45) is 5.77. The van der Waals surface area contributed by atoms with Gasteiger partial charge < -0.3 is 9.80 Å². The number of carbonyl (C=O) groups is 2. The third-order valence-corrected chi connectivity index (χ3v) is 5.15. The number of hydrogen-bond acceptors (Lipinski definition) is 3. The Morgan fingerprint density at radius 3 is 2.00 bits per heavy atom. The van der Waals surface area contributed by atoms with Gasteiger partial charge in [-0.3, -0.25) is 14.5 Å². The van der Waals surface area contributed by atoms with Crippen LogP contribution in [0.25, 0.3) is 0 Å². The molecule has 5 heteroatoms. The second-order valence-electron chi connectivity index (χ2n) is 6.50. The van der Waals surface area contributed by atoms with Crippen LogP contribution in [0.5, 0.6) is 0 Å². The molecule has 22 heavy (non-hydrogen) atoms. The largest absolute Gasteiger partial charge is 0.339 e. The van der Waals surface area contributed by atoms with Crippen molar-refractivity contribution in [3.63, 3.8) is 0 Å². The Labute approximate surface area is 134 Å². The van der Waals surface area contributed by atoms with Crippen LogP contribution >= 0.6 is 0 Å². The first-order valence-electron chi connectivity index (χ1n) is 8.94. The molecule has 2 rings (SSSR count). The number of likely N-dealkylation sites (N-methyl/N-ethyl adjacent to an activating group) is 1. The Hall–Kier alpha value is -1.10. The van der Waals surface area contributed by atoms with E-state index in [1.54, 1.807) is 0 Å². The van der Waals surface area contributed by atoms with Gasteiger partial charge in [0.1, 0.15) is 0 Å². The zero-order valence-electron chi connectivity index (χ0n) is 14.2. The fourth-order valence-corrected chi connectivity index (χ4v) is 3.52. The summed E-state index contributed by atoms with van der Waals surface area (Å²) in [5, 5.41) is 0. The van der Waals surface area contributed by atoms with Gasteiger partial charge >= 0.3 is 0 Å². The molecule has 0 bridgehead atoms. The van der Waals surface area contributed by atoms with Crippen LogP contribution < -0.4 is 0 Å². The number of rotatable bonds is 5. The van der Waals surface area contributed by atoms with Crippen molar-refractivity contribution in [3.05, 3.63) is 0 Å². The molecule has 1 saturated heterocycles. The highest BCUT2D eigenvalue weighted by molar-refractivity contribution is 5.80. The molecular weight excluding hydrogens is 278 g/mol. The molecule has 1 heterocycles. The third-order valence-electron chi connectivity index (χ3n) is 5.15. The lowest BCUT2D eigenvalue weighted by atomic mass is 9.88. The monoisotopic (exact) mass is 309 g/mol. The van der Waals surface area contributed by atoms with Crippen LogP contribution in [0.15, 0.2) is 0 Å². The summed E-state index contributed by atoms with van der Waals surface area (Å²) in [6.45, 7) is 9.28. The van der Waals surface area contributed by atoms with E-state index in [1.807, 2.05) is 9.80 Å². The highest BCUT2D eigenvalue weighted by Crippen LogP contribution is 2.25. The lowest BCUT2D eigenvalue weighted by Gasteiger charge is -2.37. The summed E-state index contributed by atoms with van der Waals surface area (Å²) < 4.78 is 0. The van der Waals surface area contributed by atoms with Crippen LogP contribution in [0.1, 0.15) is 46.0 Å². The topological polar surface area (TPSA) is 43.9 Å². The Morgan fingerprint density at radius 1 is 0.909 bits per heavy atom. The van der Waals surface area contributed by atoms with Gasteiger partial charge in [0.25, 0.3) is 0 Å². The van der Waals surface area contributed by atoms with Gasteiger partial charge in [0.15, 0.2) is 0 Å². The molecule has 0 aromatic rings. The molecular formula is C17H31N3O2. The van der Waals surface area contributed by atoms with Gasteiger partial charge in [0, 0.05) is 32.1 Å². The predicted octanol–water partition coefficient (Wildman–Crippen LogP) is 1.58. The number of piperazine rings is 1. The van der Waals surface area contributed by atoms with E-state index < -0.39 is 0 Å². The van der Waals surface area contributed by atoms with Gasteiger partial charge in [-0.05, 0) is 25.9 Å². The molecule has 2 amide bonds. The molecule has 1 aliphatic heterocycles. The quantitative estimate of drug-likeness (QED) is 0.774. The van der Waals surface area contributed by atoms with E-state index in [1.165, 1.54) is 19.3 Å². The first-order chi connectivity index (χ1) is 10.7. The summed E-state index contributed by atoms with van der Waals surface area (Å²) in [7, 11) is 0. The van der Waals surface area contributed by atoms with Crippen LogP contribution in [-0.4, -0.2) is 72.3 Å². The summed E-state index contributed by atoms with van der Waals surface area (Å²) in [4.78, 5) is 30.8. The van der Waals surface area contributed by atoms with E-state index in [2.05, 4.69) is 18.7 Å². The molecule has 0 aromatic carbocycles. The van der Waals surface area contributed by atoms with Gasteiger partial charge in [-0.2, -0.15) is 0 Å². The van der Waals surface area contributed by atoms with Crippen molar-refractivity contribution in [2.75, 3.05) is 45.8 Å². The van der Waals surface area contributed by atoms with Gasteiger partial charge in [0.05, 0.1) is 6.54 Å². The number of amides is 2. The highest BCUT2D eigenvalue weighted by Gasteiger charge is 2.29. The Morgan fingerprint density at radius 2 is 1.45 bits per heavy atom. The lowest BCUT2D eigenvalue weighted by Crippen LogP contribution is -2.53. The second kappa shape index (κ2) is 8.51. The minimum atomic E-state index is 0.202. The van der Waals surface area contributed by atoms with Crippen molar-refractivity contribution < 1.29 is 9.59 Å². The molecule has 0 atom stereocenters. The van der Waals surface area contributed by atoms with Crippen molar-refractivity contribution in [1.82, 2.24) is 14.7 Å². The highest BCUT2D eigenvalue weighted by atomic mass is 16.2. The first-order valence-corrected chi connectivity index (χ1v) is 8.94. The number of nitrogens with zero attached hydrogens (tertiary/aromatic N) is 3.